The van der Waals surface area contributed by atoms with Crippen LogP contribution in [0.5, 0.6) is 0 Å². The van der Waals surface area contributed by atoms with Gasteiger partial charge in [0.25, 0.3) is 0 Å². The van der Waals surface area contributed by atoms with Gasteiger partial charge in [0, 0.05) is 16.1 Å². The summed E-state index contributed by atoms with van der Waals surface area (Å²) in [6.45, 7) is 1.48. The molecule has 1 nitrogen and oxygen atoms in total. The van der Waals surface area contributed by atoms with E-state index in [1.165, 1.54) is 25.1 Å². The van der Waals surface area contributed by atoms with E-state index in [-0.39, 0.29) is 11.6 Å². The molecule has 0 atom stereocenters. The molecule has 3 heteroatoms. The molecule has 17 heavy (non-hydrogen) atoms. The molecule has 0 aliphatic heterocycles. The van der Waals surface area contributed by atoms with Crippen LogP contribution in [0.1, 0.15) is 17.3 Å². The molecule has 0 aliphatic carbocycles. The molecule has 0 aromatic heterocycles. The summed E-state index contributed by atoms with van der Waals surface area (Å²) in [7, 11) is 0. The lowest BCUT2D eigenvalue weighted by Gasteiger charge is -2.08. The second kappa shape index (κ2) is 4.68. The van der Waals surface area contributed by atoms with Crippen LogP contribution in [0.15, 0.2) is 42.5 Å². The molecule has 86 valence electrons. The van der Waals surface area contributed by atoms with Crippen molar-refractivity contribution in [1.29, 1.82) is 0 Å². The first-order chi connectivity index (χ1) is 8.09. The lowest BCUT2D eigenvalue weighted by Crippen LogP contribution is -1.96. The third-order valence-corrected chi connectivity index (χ3v) is 2.85. The lowest BCUT2D eigenvalue weighted by molar-refractivity contribution is 0.101. The van der Waals surface area contributed by atoms with E-state index in [2.05, 4.69) is 0 Å². The molecule has 0 N–H and O–H groups in total. The highest BCUT2D eigenvalue weighted by molar-refractivity contribution is 6.33. The predicted octanol–water partition coefficient (Wildman–Crippen LogP) is 4.35. The lowest BCUT2D eigenvalue weighted by atomic mass is 9.97. The van der Waals surface area contributed by atoms with E-state index in [9.17, 15) is 9.18 Å². The van der Waals surface area contributed by atoms with E-state index in [1.807, 2.05) is 0 Å². The first-order valence-corrected chi connectivity index (χ1v) is 5.53. The molecule has 2 aromatic carbocycles. The molecule has 0 radical (unpaired) electrons. The van der Waals surface area contributed by atoms with Crippen LogP contribution in [-0.4, -0.2) is 5.78 Å². The van der Waals surface area contributed by atoms with Crippen LogP contribution in [0.4, 0.5) is 4.39 Å². The van der Waals surface area contributed by atoms with Crippen LogP contribution in [0, 0.1) is 5.82 Å². The minimum Gasteiger partial charge on any atom is -0.294 e. The summed E-state index contributed by atoms with van der Waals surface area (Å²) >= 11 is 6.03. The Morgan fingerprint density at radius 3 is 2.53 bits per heavy atom. The van der Waals surface area contributed by atoms with E-state index in [1.54, 1.807) is 24.3 Å². The fourth-order valence-corrected chi connectivity index (χ4v) is 1.95. The first kappa shape index (κ1) is 11.8. The maximum atomic E-state index is 13.2. The Bertz CT molecular complexity index is 578. The molecule has 0 saturated heterocycles. The van der Waals surface area contributed by atoms with Gasteiger partial charge >= 0.3 is 0 Å². The number of rotatable bonds is 2. The zero-order chi connectivity index (χ0) is 12.4. The summed E-state index contributed by atoms with van der Waals surface area (Å²) in [4.78, 5) is 11.5. The van der Waals surface area contributed by atoms with Crippen molar-refractivity contribution in [2.45, 2.75) is 6.92 Å². The Balaban J connectivity index is 2.68. The monoisotopic (exact) mass is 248 g/mol. The smallest absolute Gasteiger partial charge is 0.160 e. The molecule has 0 bridgehead atoms. The average Bonchev–Trinajstić information content (AvgIpc) is 2.32. The minimum atomic E-state index is -0.372. The third-order valence-electron chi connectivity index (χ3n) is 2.52. The summed E-state index contributed by atoms with van der Waals surface area (Å²) in [5.41, 5.74) is 1.74. The van der Waals surface area contributed by atoms with Gasteiger partial charge in [-0.2, -0.15) is 0 Å². The summed E-state index contributed by atoms with van der Waals surface area (Å²) in [5, 5.41) is 0.431. The number of Topliss-reactive ketones (excluding diaryl/α,β-unsaturated/α-hetero) is 1. The van der Waals surface area contributed by atoms with E-state index in [0.717, 1.165) is 0 Å². The molecular formula is C14H10ClFO. The molecule has 0 heterocycles. The maximum absolute atomic E-state index is 13.2. The molecule has 0 amide bonds. The Hall–Kier alpha value is -1.67. The highest BCUT2D eigenvalue weighted by Crippen LogP contribution is 2.31. The first-order valence-electron chi connectivity index (χ1n) is 5.15. The van der Waals surface area contributed by atoms with Crippen LogP contribution in [0.3, 0.4) is 0 Å². The Kier molecular flexibility index (Phi) is 3.25. The second-order valence-electron chi connectivity index (χ2n) is 3.73. The van der Waals surface area contributed by atoms with Crippen LogP contribution < -0.4 is 0 Å². The van der Waals surface area contributed by atoms with Gasteiger partial charge in [0.1, 0.15) is 5.82 Å². The second-order valence-corrected chi connectivity index (χ2v) is 4.13. The van der Waals surface area contributed by atoms with Gasteiger partial charge in [0.05, 0.1) is 0 Å². The van der Waals surface area contributed by atoms with Crippen molar-refractivity contribution in [3.63, 3.8) is 0 Å². The average molecular weight is 249 g/mol. The van der Waals surface area contributed by atoms with Gasteiger partial charge in [0.2, 0.25) is 0 Å². The van der Waals surface area contributed by atoms with E-state index in [0.29, 0.717) is 21.7 Å². The van der Waals surface area contributed by atoms with E-state index >= 15 is 0 Å². The number of carbonyl (C=O) groups is 1. The minimum absolute atomic E-state index is 0.0686. The predicted molar refractivity (Wildman–Crippen MR) is 66.9 cm³/mol. The molecule has 0 fully saturated rings. The number of hydrogen-bond acceptors (Lipinski definition) is 1. The Morgan fingerprint density at radius 1 is 1.12 bits per heavy atom. The molecule has 0 spiro atoms. The number of ketones is 1. The SMILES string of the molecule is CC(=O)c1ccccc1-c1cc(F)ccc1Cl. The number of carbonyl (C=O) groups excluding carboxylic acids is 1. The van der Waals surface area contributed by atoms with Crippen LogP contribution in [0.25, 0.3) is 11.1 Å². The van der Waals surface area contributed by atoms with Gasteiger partial charge in [0.15, 0.2) is 5.78 Å². The van der Waals surface area contributed by atoms with Crippen molar-refractivity contribution in [1.82, 2.24) is 0 Å². The summed E-state index contributed by atoms with van der Waals surface area (Å²) < 4.78 is 13.2. The van der Waals surface area contributed by atoms with Gasteiger partial charge < -0.3 is 0 Å². The van der Waals surface area contributed by atoms with Crippen LogP contribution >= 0.6 is 11.6 Å². The molecule has 0 unspecified atom stereocenters. The van der Waals surface area contributed by atoms with Gasteiger partial charge in [-0.25, -0.2) is 4.39 Å². The zero-order valence-electron chi connectivity index (χ0n) is 9.21. The van der Waals surface area contributed by atoms with Crippen molar-refractivity contribution < 1.29 is 9.18 Å². The molecule has 2 aromatic rings. The van der Waals surface area contributed by atoms with Crippen molar-refractivity contribution in [3.05, 3.63) is 58.9 Å². The number of benzene rings is 2. The summed E-state index contributed by atoms with van der Waals surface area (Å²) in [5.74, 6) is -0.441. The van der Waals surface area contributed by atoms with Crippen molar-refractivity contribution in [2.24, 2.45) is 0 Å². The van der Waals surface area contributed by atoms with Crippen molar-refractivity contribution in [3.8, 4) is 11.1 Å². The van der Waals surface area contributed by atoms with Gasteiger partial charge in [-0.3, -0.25) is 4.79 Å². The molecule has 2 rings (SSSR count). The van der Waals surface area contributed by atoms with E-state index < -0.39 is 0 Å². The fraction of sp³-hybridized carbons (Fsp3) is 0.0714. The topological polar surface area (TPSA) is 17.1 Å². The number of halogens is 2. The normalized spacial score (nSPS) is 10.3. The number of hydrogen-bond donors (Lipinski definition) is 0. The Labute approximate surface area is 104 Å². The van der Waals surface area contributed by atoms with E-state index in [4.69, 9.17) is 11.6 Å². The van der Waals surface area contributed by atoms with Crippen molar-refractivity contribution >= 4 is 17.4 Å². The Morgan fingerprint density at radius 2 is 1.82 bits per heavy atom. The van der Waals surface area contributed by atoms with Gasteiger partial charge in [-0.15, -0.1) is 0 Å². The highest BCUT2D eigenvalue weighted by Gasteiger charge is 2.11. The molecular weight excluding hydrogens is 239 g/mol. The van der Waals surface area contributed by atoms with Crippen LogP contribution in [-0.2, 0) is 0 Å². The van der Waals surface area contributed by atoms with Crippen molar-refractivity contribution in [2.75, 3.05) is 0 Å². The standard InChI is InChI=1S/C14H10ClFO/c1-9(17)11-4-2-3-5-12(11)13-8-10(16)6-7-14(13)15/h2-8H,1H3. The van der Waals surface area contributed by atoms with Crippen LogP contribution in [0.2, 0.25) is 5.02 Å². The summed E-state index contributed by atoms with van der Waals surface area (Å²) in [6.07, 6.45) is 0. The highest BCUT2D eigenvalue weighted by atomic mass is 35.5. The van der Waals surface area contributed by atoms with Gasteiger partial charge in [-0.1, -0.05) is 35.9 Å². The summed E-state index contributed by atoms with van der Waals surface area (Å²) in [6, 6.07) is 11.2. The fourth-order valence-electron chi connectivity index (χ4n) is 1.73. The molecule has 0 aliphatic rings. The molecule has 0 saturated carbocycles. The maximum Gasteiger partial charge on any atom is 0.160 e. The largest absolute Gasteiger partial charge is 0.294 e. The third kappa shape index (κ3) is 2.37. The van der Waals surface area contributed by atoms with Gasteiger partial charge in [-0.05, 0) is 30.7 Å². The zero-order valence-corrected chi connectivity index (χ0v) is 9.96. The quantitative estimate of drug-likeness (QED) is 0.722.